The summed E-state index contributed by atoms with van der Waals surface area (Å²) in [6.07, 6.45) is 2.61. The molecule has 1 atom stereocenters. The van der Waals surface area contributed by atoms with E-state index in [1.54, 1.807) is 0 Å². The Labute approximate surface area is 126 Å². The third-order valence-electron chi connectivity index (χ3n) is 3.25. The van der Waals surface area contributed by atoms with Crippen molar-refractivity contribution in [1.29, 1.82) is 0 Å². The number of hydrogen-bond donors (Lipinski definition) is 1. The Balaban J connectivity index is 2.18. The Bertz CT molecular complexity index is 652. The molecule has 0 bridgehead atoms. The molecule has 2 rings (SSSR count). The van der Waals surface area contributed by atoms with Crippen molar-refractivity contribution < 1.29 is 23.1 Å². The maximum atomic E-state index is 12.3. The van der Waals surface area contributed by atoms with Gasteiger partial charge in [0.1, 0.15) is 17.6 Å². The highest BCUT2D eigenvalue weighted by molar-refractivity contribution is 8.00. The first kappa shape index (κ1) is 15.9. The van der Waals surface area contributed by atoms with Crippen LogP contribution in [0.1, 0.15) is 10.5 Å². The Morgan fingerprint density at radius 3 is 2.81 bits per heavy atom. The van der Waals surface area contributed by atoms with Crippen LogP contribution in [0.3, 0.4) is 0 Å². The zero-order valence-corrected chi connectivity index (χ0v) is 13.1. The molecular formula is C12H16N2O5S2. The van der Waals surface area contributed by atoms with E-state index in [9.17, 15) is 18.0 Å². The number of carbonyl (C=O) groups excluding carboxylic acids is 1. The van der Waals surface area contributed by atoms with Gasteiger partial charge >= 0.3 is 5.97 Å². The van der Waals surface area contributed by atoms with Gasteiger partial charge in [-0.05, 0) is 12.1 Å². The van der Waals surface area contributed by atoms with E-state index in [4.69, 9.17) is 5.11 Å². The van der Waals surface area contributed by atoms with E-state index in [2.05, 4.69) is 0 Å². The fourth-order valence-electron chi connectivity index (χ4n) is 2.20. The lowest BCUT2D eigenvalue weighted by molar-refractivity contribution is -0.132. The smallest absolute Gasteiger partial charge is 0.352 e. The summed E-state index contributed by atoms with van der Waals surface area (Å²) in [5.74, 6) is -0.483. The van der Waals surface area contributed by atoms with Crippen LogP contribution in [0.25, 0.3) is 0 Å². The molecule has 1 aromatic rings. The van der Waals surface area contributed by atoms with Crippen molar-refractivity contribution in [3.63, 3.8) is 0 Å². The molecule has 9 heteroatoms. The number of carboxylic acid groups (broad SMARTS) is 1. The topological polar surface area (TPSA) is 96.7 Å². The van der Waals surface area contributed by atoms with E-state index >= 15 is 0 Å². The predicted octanol–water partition coefficient (Wildman–Crippen LogP) is 0.132. The van der Waals surface area contributed by atoms with Crippen molar-refractivity contribution in [2.45, 2.75) is 11.9 Å². The minimum atomic E-state index is -3.37. The Hall–Kier alpha value is -1.48. The lowest BCUT2D eigenvalue weighted by Crippen LogP contribution is -2.51. The summed E-state index contributed by atoms with van der Waals surface area (Å²) in [6.45, 7) is 0.177. The number of hydrogen-bond acceptors (Lipinski definition) is 5. The molecule has 0 spiro atoms. The van der Waals surface area contributed by atoms with Gasteiger partial charge in [-0.3, -0.25) is 4.79 Å². The average molecular weight is 332 g/mol. The van der Waals surface area contributed by atoms with Crippen molar-refractivity contribution in [2.75, 3.05) is 24.3 Å². The van der Waals surface area contributed by atoms with Crippen LogP contribution in [0.2, 0.25) is 0 Å². The number of amides is 1. The molecule has 1 saturated heterocycles. The number of carbonyl (C=O) groups is 2. The molecule has 0 radical (unpaired) electrons. The highest BCUT2D eigenvalue weighted by Gasteiger charge is 2.34. The van der Waals surface area contributed by atoms with Crippen LogP contribution < -0.4 is 0 Å². The average Bonchev–Trinajstić information content (AvgIpc) is 2.86. The van der Waals surface area contributed by atoms with Crippen molar-refractivity contribution in [3.8, 4) is 0 Å². The summed E-state index contributed by atoms with van der Waals surface area (Å²) in [5, 5.41) is 8.17. The summed E-state index contributed by atoms with van der Waals surface area (Å²) in [7, 11) is -3.37. The number of aromatic carboxylic acids is 1. The van der Waals surface area contributed by atoms with Crippen LogP contribution in [0.15, 0.2) is 18.3 Å². The van der Waals surface area contributed by atoms with Crippen molar-refractivity contribution in [1.82, 2.24) is 9.47 Å². The second-order valence-corrected chi connectivity index (χ2v) is 8.13. The molecule has 1 amide bonds. The first-order valence-corrected chi connectivity index (χ1v) is 9.36. The zero-order chi connectivity index (χ0) is 15.6. The van der Waals surface area contributed by atoms with Crippen molar-refractivity contribution in [2.24, 2.45) is 0 Å². The van der Waals surface area contributed by atoms with E-state index in [-0.39, 0.29) is 18.1 Å². The van der Waals surface area contributed by atoms with E-state index in [1.165, 1.54) is 39.6 Å². The number of aromatic nitrogens is 1. The SMILES string of the molecule is CS(=O)(=O)C1CSCCN1C(=O)Cn1cccc1C(=O)O. The lowest BCUT2D eigenvalue weighted by atomic mass is 10.4. The van der Waals surface area contributed by atoms with Crippen LogP contribution in [0.4, 0.5) is 0 Å². The molecule has 1 unspecified atom stereocenters. The largest absolute Gasteiger partial charge is 0.477 e. The number of nitrogens with zero attached hydrogens (tertiary/aromatic N) is 2. The van der Waals surface area contributed by atoms with Crippen LogP contribution in [0.5, 0.6) is 0 Å². The molecule has 1 aliphatic rings. The van der Waals surface area contributed by atoms with Crippen molar-refractivity contribution in [3.05, 3.63) is 24.0 Å². The molecule has 116 valence electrons. The van der Waals surface area contributed by atoms with Gasteiger partial charge in [0, 0.05) is 30.5 Å². The third kappa shape index (κ3) is 3.59. The standard InChI is InChI=1S/C12H16N2O5S2/c1-21(18,19)11-8-20-6-5-14(11)10(15)7-13-4-2-3-9(13)12(16)17/h2-4,11H,5-8H2,1H3,(H,16,17). The maximum absolute atomic E-state index is 12.3. The minimum Gasteiger partial charge on any atom is -0.477 e. The van der Waals surface area contributed by atoms with E-state index < -0.39 is 21.2 Å². The molecule has 7 nitrogen and oxygen atoms in total. The number of carboxylic acids is 1. The first-order valence-electron chi connectivity index (χ1n) is 6.25. The predicted molar refractivity (Wildman–Crippen MR) is 79.1 cm³/mol. The monoisotopic (exact) mass is 332 g/mol. The molecule has 0 aliphatic carbocycles. The van der Waals surface area contributed by atoms with Crippen LogP contribution in [-0.4, -0.2) is 64.5 Å². The van der Waals surface area contributed by atoms with Crippen LogP contribution in [-0.2, 0) is 21.2 Å². The third-order valence-corrected chi connectivity index (χ3v) is 5.90. The molecule has 1 N–H and O–H groups in total. The fraction of sp³-hybridized carbons (Fsp3) is 0.500. The summed E-state index contributed by atoms with van der Waals surface area (Å²) < 4.78 is 24.9. The molecule has 1 aliphatic heterocycles. The number of sulfone groups is 1. The van der Waals surface area contributed by atoms with E-state index in [0.717, 1.165) is 6.26 Å². The van der Waals surface area contributed by atoms with Gasteiger partial charge in [0.25, 0.3) is 0 Å². The second kappa shape index (κ2) is 6.10. The normalized spacial score (nSPS) is 19.5. The van der Waals surface area contributed by atoms with E-state index in [0.29, 0.717) is 18.1 Å². The van der Waals surface area contributed by atoms with Crippen molar-refractivity contribution >= 4 is 33.5 Å². The van der Waals surface area contributed by atoms with Gasteiger partial charge in [-0.15, -0.1) is 0 Å². The Morgan fingerprint density at radius 2 is 2.19 bits per heavy atom. The summed E-state index contributed by atoms with van der Waals surface area (Å²) in [4.78, 5) is 24.7. The summed E-state index contributed by atoms with van der Waals surface area (Å²) in [5.41, 5.74) is 0.00522. The zero-order valence-electron chi connectivity index (χ0n) is 11.4. The highest BCUT2D eigenvalue weighted by Crippen LogP contribution is 2.21. The fourth-order valence-corrected chi connectivity index (χ4v) is 5.04. The van der Waals surface area contributed by atoms with E-state index in [1.807, 2.05) is 0 Å². The molecular weight excluding hydrogens is 316 g/mol. The quantitative estimate of drug-likeness (QED) is 0.842. The molecule has 21 heavy (non-hydrogen) atoms. The minimum absolute atomic E-state index is 0.00522. The molecule has 2 heterocycles. The van der Waals surface area contributed by atoms with Crippen LogP contribution >= 0.6 is 11.8 Å². The number of rotatable bonds is 4. The van der Waals surface area contributed by atoms with Gasteiger partial charge in [0.2, 0.25) is 5.91 Å². The van der Waals surface area contributed by atoms with Gasteiger partial charge in [-0.25, -0.2) is 13.2 Å². The summed E-state index contributed by atoms with van der Waals surface area (Å²) in [6, 6.07) is 2.94. The lowest BCUT2D eigenvalue weighted by Gasteiger charge is -2.34. The Kier molecular flexibility index (Phi) is 4.62. The maximum Gasteiger partial charge on any atom is 0.352 e. The molecule has 0 saturated carbocycles. The number of thioether (sulfide) groups is 1. The van der Waals surface area contributed by atoms with Gasteiger partial charge in [-0.1, -0.05) is 0 Å². The molecule has 1 fully saturated rings. The Morgan fingerprint density at radius 1 is 1.48 bits per heavy atom. The summed E-state index contributed by atoms with van der Waals surface area (Å²) >= 11 is 1.49. The first-order chi connectivity index (χ1) is 9.80. The van der Waals surface area contributed by atoms with Gasteiger partial charge in [0.05, 0.1) is 0 Å². The van der Waals surface area contributed by atoms with Gasteiger partial charge in [0.15, 0.2) is 9.84 Å². The van der Waals surface area contributed by atoms with Gasteiger partial charge in [-0.2, -0.15) is 11.8 Å². The second-order valence-electron chi connectivity index (χ2n) is 4.77. The molecule has 1 aromatic heterocycles. The van der Waals surface area contributed by atoms with Gasteiger partial charge < -0.3 is 14.6 Å². The highest BCUT2D eigenvalue weighted by atomic mass is 32.2. The van der Waals surface area contributed by atoms with Crippen LogP contribution in [0, 0.1) is 0 Å². The molecule has 0 aromatic carbocycles.